The standard InChI is InChI=1S/C14H17ClN2O2/c1-9-12(18)17(14(2,3)13(19)16-9)8-10-5-4-6-11(15)7-10/h4-7,9H,8H2,1-3H3,(H,16,19). The van der Waals surface area contributed by atoms with E-state index in [4.69, 9.17) is 11.6 Å². The van der Waals surface area contributed by atoms with E-state index in [-0.39, 0.29) is 11.8 Å². The Morgan fingerprint density at radius 2 is 2.05 bits per heavy atom. The molecule has 1 aromatic rings. The maximum Gasteiger partial charge on any atom is 0.246 e. The summed E-state index contributed by atoms with van der Waals surface area (Å²) in [5.74, 6) is -0.216. The first-order chi connectivity index (χ1) is 8.82. The molecule has 1 aliphatic heterocycles. The van der Waals surface area contributed by atoms with Gasteiger partial charge in [-0.05, 0) is 38.5 Å². The molecule has 1 fully saturated rings. The van der Waals surface area contributed by atoms with Gasteiger partial charge in [0, 0.05) is 11.6 Å². The van der Waals surface area contributed by atoms with Gasteiger partial charge >= 0.3 is 0 Å². The lowest BCUT2D eigenvalue weighted by atomic mass is 9.95. The Labute approximate surface area is 117 Å². The van der Waals surface area contributed by atoms with Crippen LogP contribution in [0.1, 0.15) is 26.3 Å². The highest BCUT2D eigenvalue weighted by molar-refractivity contribution is 6.30. The zero-order valence-electron chi connectivity index (χ0n) is 11.2. The van der Waals surface area contributed by atoms with Gasteiger partial charge in [0.2, 0.25) is 11.8 Å². The zero-order chi connectivity index (χ0) is 14.2. The van der Waals surface area contributed by atoms with Crippen LogP contribution in [0.5, 0.6) is 0 Å². The first-order valence-electron chi connectivity index (χ1n) is 6.19. The highest BCUT2D eigenvalue weighted by atomic mass is 35.5. The molecule has 4 nitrogen and oxygen atoms in total. The number of nitrogens with zero attached hydrogens (tertiary/aromatic N) is 1. The lowest BCUT2D eigenvalue weighted by Crippen LogP contribution is -2.67. The van der Waals surface area contributed by atoms with Gasteiger partial charge in [-0.15, -0.1) is 0 Å². The molecule has 0 bridgehead atoms. The van der Waals surface area contributed by atoms with Crippen LogP contribution in [0.3, 0.4) is 0 Å². The molecule has 0 aliphatic carbocycles. The Morgan fingerprint density at radius 1 is 1.37 bits per heavy atom. The third-order valence-corrected chi connectivity index (χ3v) is 3.68. The number of benzene rings is 1. The summed E-state index contributed by atoms with van der Waals surface area (Å²) in [6, 6.07) is 6.83. The van der Waals surface area contributed by atoms with Crippen molar-refractivity contribution in [2.24, 2.45) is 0 Å². The average Bonchev–Trinajstić information content (AvgIpc) is 2.33. The van der Waals surface area contributed by atoms with Gasteiger partial charge in [0.15, 0.2) is 0 Å². The van der Waals surface area contributed by atoms with E-state index in [0.29, 0.717) is 11.6 Å². The Bertz CT molecular complexity index is 528. The minimum absolute atomic E-state index is 0.0791. The molecule has 1 heterocycles. The third kappa shape index (κ3) is 2.59. The minimum Gasteiger partial charge on any atom is -0.343 e. The van der Waals surface area contributed by atoms with E-state index in [9.17, 15) is 9.59 Å². The highest BCUT2D eigenvalue weighted by Crippen LogP contribution is 2.24. The zero-order valence-corrected chi connectivity index (χ0v) is 12.0. The monoisotopic (exact) mass is 280 g/mol. The molecule has 102 valence electrons. The number of rotatable bonds is 2. The van der Waals surface area contributed by atoms with Crippen LogP contribution in [0, 0.1) is 0 Å². The van der Waals surface area contributed by atoms with Gasteiger partial charge in [0.1, 0.15) is 11.6 Å². The van der Waals surface area contributed by atoms with Crippen LogP contribution in [0.2, 0.25) is 5.02 Å². The summed E-state index contributed by atoms with van der Waals surface area (Å²) in [5, 5.41) is 3.31. The van der Waals surface area contributed by atoms with Crippen LogP contribution in [-0.2, 0) is 16.1 Å². The van der Waals surface area contributed by atoms with Gasteiger partial charge in [-0.1, -0.05) is 23.7 Å². The molecular weight excluding hydrogens is 264 g/mol. The first-order valence-corrected chi connectivity index (χ1v) is 6.57. The van der Waals surface area contributed by atoms with Crippen molar-refractivity contribution < 1.29 is 9.59 Å². The topological polar surface area (TPSA) is 49.4 Å². The molecule has 2 amide bonds. The lowest BCUT2D eigenvalue weighted by molar-refractivity contribution is -0.155. The summed E-state index contributed by atoms with van der Waals surface area (Å²) < 4.78 is 0. The predicted molar refractivity (Wildman–Crippen MR) is 73.7 cm³/mol. The molecule has 2 rings (SSSR count). The minimum atomic E-state index is -0.855. The van der Waals surface area contributed by atoms with Crippen LogP contribution < -0.4 is 5.32 Å². The fourth-order valence-electron chi connectivity index (χ4n) is 2.16. The van der Waals surface area contributed by atoms with Crippen molar-refractivity contribution in [3.63, 3.8) is 0 Å². The van der Waals surface area contributed by atoms with E-state index in [1.54, 1.807) is 31.7 Å². The van der Waals surface area contributed by atoms with Gasteiger partial charge in [-0.2, -0.15) is 0 Å². The molecule has 1 N–H and O–H groups in total. The van der Waals surface area contributed by atoms with E-state index in [0.717, 1.165) is 5.56 Å². The van der Waals surface area contributed by atoms with Gasteiger partial charge in [0.05, 0.1) is 0 Å². The van der Waals surface area contributed by atoms with E-state index in [1.807, 2.05) is 18.2 Å². The molecular formula is C14H17ClN2O2. The second-order valence-electron chi connectivity index (χ2n) is 5.31. The fraction of sp³-hybridized carbons (Fsp3) is 0.429. The summed E-state index contributed by atoms with van der Waals surface area (Å²) in [6.07, 6.45) is 0. The van der Waals surface area contributed by atoms with Crippen molar-refractivity contribution >= 4 is 23.4 Å². The van der Waals surface area contributed by atoms with E-state index in [1.165, 1.54) is 0 Å². The molecule has 5 heteroatoms. The number of nitrogens with one attached hydrogen (secondary N) is 1. The summed E-state index contributed by atoms with van der Waals surface area (Å²) in [5.41, 5.74) is 0.0576. The average molecular weight is 281 g/mol. The molecule has 1 aromatic carbocycles. The third-order valence-electron chi connectivity index (χ3n) is 3.44. The van der Waals surface area contributed by atoms with E-state index >= 15 is 0 Å². The van der Waals surface area contributed by atoms with Gasteiger partial charge in [-0.3, -0.25) is 9.59 Å². The van der Waals surface area contributed by atoms with Crippen molar-refractivity contribution in [1.82, 2.24) is 10.2 Å². The Balaban J connectivity index is 2.30. The van der Waals surface area contributed by atoms with Crippen LogP contribution >= 0.6 is 11.6 Å². The normalized spacial score (nSPS) is 22.3. The van der Waals surface area contributed by atoms with Crippen molar-refractivity contribution in [2.75, 3.05) is 0 Å². The molecule has 1 atom stereocenters. The number of hydrogen-bond acceptors (Lipinski definition) is 2. The molecule has 0 saturated carbocycles. The van der Waals surface area contributed by atoms with Crippen LogP contribution in [0.4, 0.5) is 0 Å². The van der Waals surface area contributed by atoms with Crippen molar-refractivity contribution in [1.29, 1.82) is 0 Å². The van der Waals surface area contributed by atoms with Gasteiger partial charge < -0.3 is 10.2 Å². The Morgan fingerprint density at radius 3 is 2.68 bits per heavy atom. The second kappa shape index (κ2) is 4.85. The Hall–Kier alpha value is -1.55. The number of amides is 2. The lowest BCUT2D eigenvalue weighted by Gasteiger charge is -2.43. The number of carbonyl (C=O) groups excluding carboxylic acids is 2. The second-order valence-corrected chi connectivity index (χ2v) is 5.74. The summed E-state index contributed by atoms with van der Waals surface area (Å²) in [4.78, 5) is 25.9. The predicted octanol–water partition coefficient (Wildman–Crippen LogP) is 1.97. The largest absolute Gasteiger partial charge is 0.343 e. The SMILES string of the molecule is CC1NC(=O)C(C)(C)N(Cc2cccc(Cl)c2)C1=O. The summed E-state index contributed by atoms with van der Waals surface area (Å²) >= 11 is 5.94. The Kier molecular flexibility index (Phi) is 3.54. The summed E-state index contributed by atoms with van der Waals surface area (Å²) in [7, 11) is 0. The smallest absolute Gasteiger partial charge is 0.246 e. The molecule has 1 aliphatic rings. The van der Waals surface area contributed by atoms with Crippen LogP contribution in [0.25, 0.3) is 0 Å². The van der Waals surface area contributed by atoms with Gasteiger partial charge in [-0.25, -0.2) is 0 Å². The van der Waals surface area contributed by atoms with Crippen molar-refractivity contribution in [3.05, 3.63) is 34.9 Å². The van der Waals surface area contributed by atoms with E-state index in [2.05, 4.69) is 5.32 Å². The maximum absolute atomic E-state index is 12.3. The maximum atomic E-state index is 12.3. The van der Waals surface area contributed by atoms with Crippen LogP contribution in [0.15, 0.2) is 24.3 Å². The molecule has 0 radical (unpaired) electrons. The van der Waals surface area contributed by atoms with Crippen molar-refractivity contribution in [2.45, 2.75) is 38.9 Å². The van der Waals surface area contributed by atoms with Gasteiger partial charge in [0.25, 0.3) is 0 Å². The fourth-order valence-corrected chi connectivity index (χ4v) is 2.37. The molecule has 0 spiro atoms. The summed E-state index contributed by atoms with van der Waals surface area (Å²) in [6.45, 7) is 5.57. The van der Waals surface area contributed by atoms with E-state index < -0.39 is 11.6 Å². The number of carbonyl (C=O) groups is 2. The number of hydrogen-bond donors (Lipinski definition) is 1. The highest BCUT2D eigenvalue weighted by Gasteiger charge is 2.44. The molecule has 1 saturated heterocycles. The number of piperazine rings is 1. The quantitative estimate of drug-likeness (QED) is 0.900. The molecule has 1 unspecified atom stereocenters. The first kappa shape index (κ1) is 13.9. The number of halogens is 1. The molecule has 0 aromatic heterocycles. The molecule has 19 heavy (non-hydrogen) atoms. The van der Waals surface area contributed by atoms with Crippen LogP contribution in [-0.4, -0.2) is 28.3 Å². The van der Waals surface area contributed by atoms with Crippen molar-refractivity contribution in [3.8, 4) is 0 Å².